The molecule has 0 heterocycles. The van der Waals surface area contributed by atoms with E-state index in [0.717, 1.165) is 12.1 Å². The Morgan fingerprint density at radius 2 is 1.52 bits per heavy atom. The normalized spacial score (nSPS) is 10.1. The maximum atomic E-state index is 12.8. The number of amides is 1. The summed E-state index contributed by atoms with van der Waals surface area (Å²) in [5.41, 5.74) is 1.12. The lowest BCUT2D eigenvalue weighted by Gasteiger charge is -2.07. The number of ether oxygens (including phenoxy) is 2. The van der Waals surface area contributed by atoms with Gasteiger partial charge in [-0.25, -0.2) is 9.18 Å². The zero-order valence-corrected chi connectivity index (χ0v) is 15.8. The summed E-state index contributed by atoms with van der Waals surface area (Å²) in [6.45, 7) is -0.441. The quantitative estimate of drug-likeness (QED) is 0.512. The Bertz CT molecular complexity index is 877. The Balaban J connectivity index is 1.67. The van der Waals surface area contributed by atoms with Gasteiger partial charge in [-0.3, -0.25) is 14.4 Å². The molecule has 0 fully saturated rings. The van der Waals surface area contributed by atoms with E-state index in [1.54, 1.807) is 12.1 Å². The lowest BCUT2D eigenvalue weighted by atomic mass is 10.1. The molecule has 1 amide bonds. The second-order valence-corrected chi connectivity index (χ2v) is 6.06. The minimum Gasteiger partial charge on any atom is -0.465 e. The maximum absolute atomic E-state index is 12.8. The number of halogens is 1. The summed E-state index contributed by atoms with van der Waals surface area (Å²) in [5, 5.41) is 2.65. The molecule has 0 radical (unpaired) electrons. The summed E-state index contributed by atoms with van der Waals surface area (Å²) in [7, 11) is 1.28. The number of hydrogen-bond acceptors (Lipinski definition) is 6. The van der Waals surface area contributed by atoms with Gasteiger partial charge in [-0.2, -0.15) is 0 Å². The van der Waals surface area contributed by atoms with Gasteiger partial charge in [0.2, 0.25) is 5.91 Å². The van der Waals surface area contributed by atoms with Crippen LogP contribution < -0.4 is 5.32 Å². The molecule has 1 N–H and O–H groups in total. The summed E-state index contributed by atoms with van der Waals surface area (Å²) in [6.07, 6.45) is 0.306. The van der Waals surface area contributed by atoms with Crippen LogP contribution in [0.1, 0.15) is 40.0 Å². The molecule has 0 aromatic heterocycles. The first-order valence-electron chi connectivity index (χ1n) is 8.81. The van der Waals surface area contributed by atoms with Gasteiger partial charge in [0.15, 0.2) is 12.4 Å². The second kappa shape index (κ2) is 10.7. The number of rotatable bonds is 9. The van der Waals surface area contributed by atoms with Gasteiger partial charge in [-0.15, -0.1) is 0 Å². The molecule has 0 aliphatic carbocycles. The molecule has 0 unspecified atom stereocenters. The fraction of sp³-hybridized carbons (Fsp3) is 0.238. The largest absolute Gasteiger partial charge is 0.465 e. The van der Waals surface area contributed by atoms with Crippen molar-refractivity contribution in [3.8, 4) is 0 Å². The van der Waals surface area contributed by atoms with Crippen molar-refractivity contribution in [3.63, 3.8) is 0 Å². The number of nitrogens with one attached hydrogen (secondary N) is 1. The highest BCUT2D eigenvalue weighted by Gasteiger charge is 2.11. The van der Waals surface area contributed by atoms with Crippen LogP contribution in [-0.2, 0) is 19.1 Å². The third-order valence-corrected chi connectivity index (χ3v) is 3.90. The highest BCUT2D eigenvalue weighted by Crippen LogP contribution is 2.11. The van der Waals surface area contributed by atoms with Gasteiger partial charge in [0, 0.05) is 24.1 Å². The Morgan fingerprint density at radius 1 is 0.897 bits per heavy atom. The fourth-order valence-corrected chi connectivity index (χ4v) is 2.36. The first-order chi connectivity index (χ1) is 13.9. The summed E-state index contributed by atoms with van der Waals surface area (Å²) < 4.78 is 22.3. The van der Waals surface area contributed by atoms with E-state index in [1.165, 1.54) is 31.4 Å². The van der Waals surface area contributed by atoms with Crippen molar-refractivity contribution in [3.05, 3.63) is 65.5 Å². The minimum absolute atomic E-state index is 0.0224. The van der Waals surface area contributed by atoms with Gasteiger partial charge in [-0.1, -0.05) is 0 Å². The van der Waals surface area contributed by atoms with Gasteiger partial charge in [0.25, 0.3) is 0 Å². The standard InChI is InChI=1S/C21H20FNO6/c1-28-21(27)15-7-11-17(12-8-15)23-19(25)3-2-4-20(26)29-13-18(24)14-5-9-16(22)10-6-14/h5-12H,2-4,13H2,1H3,(H,23,25). The number of Topliss-reactive ketones (excluding diaryl/α,β-unsaturated/α-hetero) is 1. The lowest BCUT2D eigenvalue weighted by molar-refractivity contribution is -0.142. The highest BCUT2D eigenvalue weighted by molar-refractivity contribution is 5.98. The average Bonchev–Trinajstić information content (AvgIpc) is 2.72. The molecule has 2 rings (SSSR count). The van der Waals surface area contributed by atoms with Gasteiger partial charge in [0.1, 0.15) is 5.82 Å². The molecule has 0 saturated heterocycles. The van der Waals surface area contributed by atoms with E-state index in [9.17, 15) is 23.6 Å². The molecule has 0 spiro atoms. The van der Waals surface area contributed by atoms with Crippen molar-refractivity contribution in [2.75, 3.05) is 19.0 Å². The summed E-state index contributed by atoms with van der Waals surface area (Å²) in [4.78, 5) is 46.8. The second-order valence-electron chi connectivity index (χ2n) is 6.06. The zero-order valence-electron chi connectivity index (χ0n) is 15.8. The highest BCUT2D eigenvalue weighted by atomic mass is 19.1. The SMILES string of the molecule is COC(=O)c1ccc(NC(=O)CCCC(=O)OCC(=O)c2ccc(F)cc2)cc1. The fourth-order valence-electron chi connectivity index (χ4n) is 2.36. The molecule has 152 valence electrons. The van der Waals surface area contributed by atoms with Gasteiger partial charge < -0.3 is 14.8 Å². The molecule has 8 heteroatoms. The number of carbonyl (C=O) groups excluding carboxylic acids is 4. The van der Waals surface area contributed by atoms with Crippen LogP contribution in [0.25, 0.3) is 0 Å². The van der Waals surface area contributed by atoms with E-state index in [1.807, 2.05) is 0 Å². The third-order valence-electron chi connectivity index (χ3n) is 3.90. The van der Waals surface area contributed by atoms with Crippen LogP contribution in [-0.4, -0.2) is 37.3 Å². The van der Waals surface area contributed by atoms with Crippen molar-refractivity contribution in [1.29, 1.82) is 0 Å². The summed E-state index contributed by atoms with van der Waals surface area (Å²) in [5.74, 6) is -2.27. The van der Waals surface area contributed by atoms with Crippen LogP contribution >= 0.6 is 0 Å². The molecule has 0 aliphatic rings. The van der Waals surface area contributed by atoms with Crippen LogP contribution in [0, 0.1) is 5.82 Å². The monoisotopic (exact) mass is 401 g/mol. The first-order valence-corrected chi connectivity index (χ1v) is 8.81. The van der Waals surface area contributed by atoms with Crippen molar-refractivity contribution >= 4 is 29.3 Å². The lowest BCUT2D eigenvalue weighted by Crippen LogP contribution is -2.15. The van der Waals surface area contributed by atoms with Crippen LogP contribution in [0.15, 0.2) is 48.5 Å². The molecule has 7 nitrogen and oxygen atoms in total. The molecular weight excluding hydrogens is 381 g/mol. The van der Waals surface area contributed by atoms with Gasteiger partial charge in [-0.05, 0) is 55.0 Å². The number of anilines is 1. The van der Waals surface area contributed by atoms with E-state index in [-0.39, 0.29) is 30.7 Å². The molecule has 0 atom stereocenters. The van der Waals surface area contributed by atoms with E-state index in [0.29, 0.717) is 11.3 Å². The first kappa shape index (κ1) is 21.7. The van der Waals surface area contributed by atoms with Crippen molar-refractivity contribution in [1.82, 2.24) is 0 Å². The third kappa shape index (κ3) is 7.17. The predicted octanol–water partition coefficient (Wildman–Crippen LogP) is 3.15. The number of ketones is 1. The number of hydrogen-bond donors (Lipinski definition) is 1. The van der Waals surface area contributed by atoms with Gasteiger partial charge in [0.05, 0.1) is 12.7 Å². The summed E-state index contributed by atoms with van der Waals surface area (Å²) in [6, 6.07) is 11.1. The molecule has 0 saturated carbocycles. The van der Waals surface area contributed by atoms with Crippen LogP contribution in [0.5, 0.6) is 0 Å². The smallest absolute Gasteiger partial charge is 0.337 e. The molecule has 29 heavy (non-hydrogen) atoms. The molecular formula is C21H20FNO6. The van der Waals surface area contributed by atoms with Crippen LogP contribution in [0.3, 0.4) is 0 Å². The minimum atomic E-state index is -0.601. The zero-order chi connectivity index (χ0) is 21.2. The molecule has 0 aliphatic heterocycles. The Morgan fingerprint density at radius 3 is 2.14 bits per heavy atom. The van der Waals surface area contributed by atoms with E-state index in [4.69, 9.17) is 4.74 Å². The average molecular weight is 401 g/mol. The van der Waals surface area contributed by atoms with Crippen molar-refractivity contribution < 1.29 is 33.0 Å². The Labute approximate surface area is 166 Å². The van der Waals surface area contributed by atoms with Crippen molar-refractivity contribution in [2.45, 2.75) is 19.3 Å². The van der Waals surface area contributed by atoms with E-state index < -0.39 is 30.1 Å². The molecule has 2 aromatic carbocycles. The Hall–Kier alpha value is -3.55. The van der Waals surface area contributed by atoms with Crippen molar-refractivity contribution in [2.24, 2.45) is 0 Å². The maximum Gasteiger partial charge on any atom is 0.337 e. The summed E-state index contributed by atoms with van der Waals surface area (Å²) >= 11 is 0. The number of carbonyl (C=O) groups is 4. The molecule has 0 bridgehead atoms. The number of benzene rings is 2. The predicted molar refractivity (Wildman–Crippen MR) is 102 cm³/mol. The van der Waals surface area contributed by atoms with E-state index >= 15 is 0 Å². The van der Waals surface area contributed by atoms with E-state index in [2.05, 4.69) is 10.1 Å². The Kier molecular flexibility index (Phi) is 8.02. The number of methoxy groups -OCH3 is 1. The van der Waals surface area contributed by atoms with Crippen LogP contribution in [0.2, 0.25) is 0 Å². The molecule has 2 aromatic rings. The van der Waals surface area contributed by atoms with Gasteiger partial charge >= 0.3 is 11.9 Å². The van der Waals surface area contributed by atoms with Crippen LogP contribution in [0.4, 0.5) is 10.1 Å². The topological polar surface area (TPSA) is 98.8 Å². The number of esters is 2.